The van der Waals surface area contributed by atoms with E-state index in [-0.39, 0.29) is 37.2 Å². The third kappa shape index (κ3) is 6.89. The van der Waals surface area contributed by atoms with E-state index in [4.69, 9.17) is 21.3 Å². The summed E-state index contributed by atoms with van der Waals surface area (Å²) in [6, 6.07) is 0. The lowest BCUT2D eigenvalue weighted by Gasteiger charge is -2.13. The van der Waals surface area contributed by atoms with Gasteiger partial charge in [0.2, 0.25) is 11.5 Å². The molecule has 0 spiro atoms. The standard InChI is InChI=1S/C16H24N2O10/c1-5-25-15(21)11(27-17)9(13(19)23-3)7-8-10(14(20)24-4)12(28-18)16(22)26-6-2/h5-8,17-18H2,1-4H3. The van der Waals surface area contributed by atoms with Crippen LogP contribution >= 0.6 is 0 Å². The molecule has 0 saturated heterocycles. The lowest BCUT2D eigenvalue weighted by atomic mass is 10.0. The summed E-state index contributed by atoms with van der Waals surface area (Å²) in [4.78, 5) is 56.9. The number of carbonyl (C=O) groups excluding carboxylic acids is 4. The zero-order valence-corrected chi connectivity index (χ0v) is 16.1. The van der Waals surface area contributed by atoms with Crippen molar-refractivity contribution in [2.24, 2.45) is 11.8 Å². The normalized spacial score (nSPS) is 12.1. The van der Waals surface area contributed by atoms with Crippen LogP contribution in [0.15, 0.2) is 22.7 Å². The van der Waals surface area contributed by atoms with Crippen molar-refractivity contribution in [1.82, 2.24) is 0 Å². The summed E-state index contributed by atoms with van der Waals surface area (Å²) < 4.78 is 18.7. The second-order valence-electron chi connectivity index (χ2n) is 4.78. The van der Waals surface area contributed by atoms with E-state index < -0.39 is 35.4 Å². The molecule has 0 atom stereocenters. The van der Waals surface area contributed by atoms with Crippen LogP contribution in [0.3, 0.4) is 0 Å². The number of nitrogens with two attached hydrogens (primary N) is 2. The highest BCUT2D eigenvalue weighted by Gasteiger charge is 2.29. The Kier molecular flexibility index (Phi) is 11.6. The largest absolute Gasteiger partial charge is 0.466 e. The predicted molar refractivity (Wildman–Crippen MR) is 91.1 cm³/mol. The summed E-state index contributed by atoms with van der Waals surface area (Å²) in [5.41, 5.74) is -0.685. The summed E-state index contributed by atoms with van der Waals surface area (Å²) in [6.45, 7) is 3.04. The van der Waals surface area contributed by atoms with Crippen LogP contribution in [0.2, 0.25) is 0 Å². The van der Waals surface area contributed by atoms with Crippen molar-refractivity contribution >= 4 is 23.9 Å². The molecular weight excluding hydrogens is 380 g/mol. The van der Waals surface area contributed by atoms with Crippen molar-refractivity contribution < 1.29 is 47.8 Å². The number of hydrogen-bond donors (Lipinski definition) is 2. The molecule has 0 rings (SSSR count). The molecular formula is C16H24N2O10. The number of carbonyl (C=O) groups is 4. The minimum atomic E-state index is -1.02. The molecule has 0 bridgehead atoms. The average Bonchev–Trinajstić information content (AvgIpc) is 2.69. The molecule has 0 aromatic heterocycles. The molecule has 12 heteroatoms. The summed E-state index contributed by atoms with van der Waals surface area (Å²) in [5, 5.41) is 0. The Morgan fingerprint density at radius 2 is 0.964 bits per heavy atom. The molecule has 158 valence electrons. The van der Waals surface area contributed by atoms with Gasteiger partial charge >= 0.3 is 23.9 Å². The van der Waals surface area contributed by atoms with E-state index in [1.165, 1.54) is 13.8 Å². The first-order chi connectivity index (χ1) is 13.3. The van der Waals surface area contributed by atoms with Crippen molar-refractivity contribution in [1.29, 1.82) is 0 Å². The Morgan fingerprint density at radius 1 is 0.643 bits per heavy atom. The molecule has 0 heterocycles. The van der Waals surface area contributed by atoms with Crippen LogP contribution < -0.4 is 11.8 Å². The van der Waals surface area contributed by atoms with Gasteiger partial charge in [0.1, 0.15) is 0 Å². The van der Waals surface area contributed by atoms with Gasteiger partial charge in [-0.2, -0.15) is 11.8 Å². The predicted octanol–water partition coefficient (Wildman–Crippen LogP) is -0.472. The monoisotopic (exact) mass is 404 g/mol. The topological polar surface area (TPSA) is 176 Å². The smallest absolute Gasteiger partial charge is 0.376 e. The van der Waals surface area contributed by atoms with Gasteiger partial charge in [0.25, 0.3) is 0 Å². The maximum atomic E-state index is 12.0. The molecule has 28 heavy (non-hydrogen) atoms. The molecule has 0 aliphatic heterocycles. The van der Waals surface area contributed by atoms with Crippen LogP contribution in [0.5, 0.6) is 0 Å². The van der Waals surface area contributed by atoms with Gasteiger partial charge in [0.05, 0.1) is 38.6 Å². The lowest BCUT2D eigenvalue weighted by molar-refractivity contribution is -0.145. The number of ether oxygens (including phenoxy) is 4. The van der Waals surface area contributed by atoms with Crippen LogP contribution in [-0.4, -0.2) is 51.3 Å². The van der Waals surface area contributed by atoms with Crippen LogP contribution in [0.4, 0.5) is 0 Å². The SMILES string of the molecule is CCOC(=O)C(ON)=C(CCC(C(=O)OC)=C(ON)C(=O)OCC)C(=O)OC. The minimum absolute atomic E-state index is 0.0124. The van der Waals surface area contributed by atoms with Crippen molar-refractivity contribution in [2.45, 2.75) is 26.7 Å². The van der Waals surface area contributed by atoms with Crippen molar-refractivity contribution in [3.05, 3.63) is 22.7 Å². The van der Waals surface area contributed by atoms with Crippen molar-refractivity contribution in [3.63, 3.8) is 0 Å². The summed E-state index contributed by atoms with van der Waals surface area (Å²) >= 11 is 0. The Hall–Kier alpha value is -3.12. The van der Waals surface area contributed by atoms with E-state index in [1.807, 2.05) is 0 Å². The Balaban J connectivity index is 6.09. The number of methoxy groups -OCH3 is 2. The van der Waals surface area contributed by atoms with Gasteiger partial charge in [0.15, 0.2) is 0 Å². The summed E-state index contributed by atoms with van der Waals surface area (Å²) in [5.74, 6) is 4.93. The van der Waals surface area contributed by atoms with E-state index in [0.29, 0.717) is 0 Å². The van der Waals surface area contributed by atoms with Gasteiger partial charge < -0.3 is 28.6 Å². The molecule has 0 fully saturated rings. The Morgan fingerprint density at radius 3 is 1.18 bits per heavy atom. The number of hydrogen-bond acceptors (Lipinski definition) is 12. The van der Waals surface area contributed by atoms with Gasteiger partial charge in [-0.15, -0.1) is 0 Å². The molecule has 0 aromatic carbocycles. The Bertz CT molecular complexity index is 598. The second-order valence-corrected chi connectivity index (χ2v) is 4.78. The quantitative estimate of drug-likeness (QED) is 0.149. The minimum Gasteiger partial charge on any atom is -0.466 e. The van der Waals surface area contributed by atoms with E-state index in [1.54, 1.807) is 0 Å². The molecule has 4 N–H and O–H groups in total. The average molecular weight is 404 g/mol. The van der Waals surface area contributed by atoms with Gasteiger partial charge in [-0.25, -0.2) is 19.2 Å². The van der Waals surface area contributed by atoms with E-state index in [0.717, 1.165) is 14.2 Å². The number of esters is 4. The second kappa shape index (κ2) is 13.1. The highest BCUT2D eigenvalue weighted by molar-refractivity contribution is 6.00. The zero-order chi connectivity index (χ0) is 21.7. The third-order valence-corrected chi connectivity index (χ3v) is 3.19. The molecule has 0 aromatic rings. The zero-order valence-electron chi connectivity index (χ0n) is 16.1. The van der Waals surface area contributed by atoms with Gasteiger partial charge in [-0.3, -0.25) is 0 Å². The fourth-order valence-corrected chi connectivity index (χ4v) is 1.99. The third-order valence-electron chi connectivity index (χ3n) is 3.19. The van der Waals surface area contributed by atoms with Gasteiger partial charge in [-0.05, 0) is 26.7 Å². The highest BCUT2D eigenvalue weighted by atomic mass is 16.7. The molecule has 0 unspecified atom stereocenters. The lowest BCUT2D eigenvalue weighted by Crippen LogP contribution is -2.22. The first-order valence-electron chi connectivity index (χ1n) is 8.03. The van der Waals surface area contributed by atoms with Gasteiger partial charge in [-0.1, -0.05) is 0 Å². The van der Waals surface area contributed by atoms with Crippen LogP contribution in [0.25, 0.3) is 0 Å². The maximum absolute atomic E-state index is 12.0. The van der Waals surface area contributed by atoms with Gasteiger partial charge in [0, 0.05) is 0 Å². The fraction of sp³-hybridized carbons (Fsp3) is 0.500. The van der Waals surface area contributed by atoms with Crippen LogP contribution in [0.1, 0.15) is 26.7 Å². The molecule has 0 saturated carbocycles. The summed E-state index contributed by atoms with van der Waals surface area (Å²) in [7, 11) is 2.12. The maximum Gasteiger partial charge on any atom is 0.376 e. The molecule has 12 nitrogen and oxygen atoms in total. The van der Waals surface area contributed by atoms with Crippen LogP contribution in [-0.2, 0) is 47.8 Å². The van der Waals surface area contributed by atoms with E-state index in [9.17, 15) is 19.2 Å². The first-order valence-corrected chi connectivity index (χ1v) is 8.03. The summed E-state index contributed by atoms with van der Waals surface area (Å²) in [6.07, 6.45) is -0.677. The first kappa shape index (κ1) is 24.9. The highest BCUT2D eigenvalue weighted by Crippen LogP contribution is 2.22. The molecule has 0 aliphatic carbocycles. The van der Waals surface area contributed by atoms with Crippen molar-refractivity contribution in [2.75, 3.05) is 27.4 Å². The molecule has 0 aliphatic rings. The number of rotatable bonds is 11. The van der Waals surface area contributed by atoms with Crippen molar-refractivity contribution in [3.8, 4) is 0 Å². The Labute approximate surface area is 161 Å². The fourth-order valence-electron chi connectivity index (χ4n) is 1.99. The van der Waals surface area contributed by atoms with E-state index in [2.05, 4.69) is 19.1 Å². The van der Waals surface area contributed by atoms with E-state index >= 15 is 0 Å². The van der Waals surface area contributed by atoms with Crippen LogP contribution in [0, 0.1) is 0 Å². The molecule has 0 amide bonds. The molecule has 0 radical (unpaired) electrons.